The van der Waals surface area contributed by atoms with Gasteiger partial charge >= 0.3 is 0 Å². The molecule has 0 spiro atoms. The predicted octanol–water partition coefficient (Wildman–Crippen LogP) is 3.41. The second kappa shape index (κ2) is 6.77. The second-order valence-corrected chi connectivity index (χ2v) is 7.51. The van der Waals surface area contributed by atoms with E-state index in [-0.39, 0.29) is 0 Å². The van der Waals surface area contributed by atoms with Crippen LogP contribution in [0.1, 0.15) is 18.4 Å². The SMILES string of the molecule is CCCNCCc1nnc(-c2csc(I)c2)s1. The molecule has 0 atom stereocenters. The summed E-state index contributed by atoms with van der Waals surface area (Å²) in [7, 11) is 0. The van der Waals surface area contributed by atoms with E-state index in [9.17, 15) is 0 Å². The molecule has 0 aliphatic rings. The number of hydrogen-bond donors (Lipinski definition) is 1. The lowest BCUT2D eigenvalue weighted by atomic mass is 10.4. The molecular formula is C11H14IN3S2. The van der Waals surface area contributed by atoms with Crippen LogP contribution in [0.15, 0.2) is 11.4 Å². The van der Waals surface area contributed by atoms with Crippen LogP contribution in [0.25, 0.3) is 10.6 Å². The molecule has 0 aliphatic carbocycles. The fourth-order valence-electron chi connectivity index (χ4n) is 1.39. The summed E-state index contributed by atoms with van der Waals surface area (Å²) in [5.74, 6) is 0. The molecule has 0 bridgehead atoms. The zero-order valence-electron chi connectivity index (χ0n) is 9.57. The van der Waals surface area contributed by atoms with Crippen LogP contribution in [0.3, 0.4) is 0 Å². The lowest BCUT2D eigenvalue weighted by Gasteiger charge is -1.98. The highest BCUT2D eigenvalue weighted by Gasteiger charge is 2.07. The van der Waals surface area contributed by atoms with Gasteiger partial charge in [0.15, 0.2) is 0 Å². The van der Waals surface area contributed by atoms with E-state index in [1.807, 2.05) is 0 Å². The van der Waals surface area contributed by atoms with E-state index in [1.165, 1.54) is 14.9 Å². The summed E-state index contributed by atoms with van der Waals surface area (Å²) in [5.41, 5.74) is 1.20. The largest absolute Gasteiger partial charge is 0.316 e. The minimum atomic E-state index is 0.971. The topological polar surface area (TPSA) is 37.8 Å². The number of rotatable bonds is 6. The van der Waals surface area contributed by atoms with Crippen molar-refractivity contribution in [2.45, 2.75) is 19.8 Å². The third-order valence-electron chi connectivity index (χ3n) is 2.22. The Kier molecular flexibility index (Phi) is 5.33. The summed E-state index contributed by atoms with van der Waals surface area (Å²) < 4.78 is 1.29. The van der Waals surface area contributed by atoms with Gasteiger partial charge in [0.05, 0.1) is 2.88 Å². The van der Waals surface area contributed by atoms with Crippen molar-refractivity contribution in [1.82, 2.24) is 15.5 Å². The van der Waals surface area contributed by atoms with Crippen molar-refractivity contribution in [1.29, 1.82) is 0 Å². The van der Waals surface area contributed by atoms with Crippen LogP contribution in [0.5, 0.6) is 0 Å². The molecule has 6 heteroatoms. The quantitative estimate of drug-likeness (QED) is 0.618. The molecular weight excluding hydrogens is 365 g/mol. The summed E-state index contributed by atoms with van der Waals surface area (Å²) in [6.07, 6.45) is 2.15. The molecule has 2 aromatic rings. The molecule has 0 aliphatic heterocycles. The molecule has 0 fully saturated rings. The van der Waals surface area contributed by atoms with Gasteiger partial charge < -0.3 is 5.32 Å². The number of thiophene rings is 1. The highest BCUT2D eigenvalue weighted by molar-refractivity contribution is 14.1. The highest BCUT2D eigenvalue weighted by atomic mass is 127. The Hall–Kier alpha value is -0.0500. The molecule has 0 unspecified atom stereocenters. The van der Waals surface area contributed by atoms with E-state index in [2.05, 4.69) is 56.5 Å². The second-order valence-electron chi connectivity index (χ2n) is 3.64. The lowest BCUT2D eigenvalue weighted by Crippen LogP contribution is -2.17. The summed E-state index contributed by atoms with van der Waals surface area (Å²) in [4.78, 5) is 0. The minimum absolute atomic E-state index is 0.971. The monoisotopic (exact) mass is 379 g/mol. The smallest absolute Gasteiger partial charge is 0.148 e. The molecule has 0 aromatic carbocycles. The van der Waals surface area contributed by atoms with Crippen molar-refractivity contribution >= 4 is 45.3 Å². The van der Waals surface area contributed by atoms with Crippen LogP contribution >= 0.6 is 45.3 Å². The lowest BCUT2D eigenvalue weighted by molar-refractivity contribution is 0.668. The summed E-state index contributed by atoms with van der Waals surface area (Å²) in [6, 6.07) is 2.16. The number of hydrogen-bond acceptors (Lipinski definition) is 5. The summed E-state index contributed by atoms with van der Waals surface area (Å²) in [6.45, 7) is 4.24. The first-order chi connectivity index (χ1) is 8.29. The van der Waals surface area contributed by atoms with Crippen molar-refractivity contribution < 1.29 is 0 Å². The van der Waals surface area contributed by atoms with E-state index >= 15 is 0 Å². The molecule has 17 heavy (non-hydrogen) atoms. The molecule has 0 saturated heterocycles. The molecule has 0 saturated carbocycles. The van der Waals surface area contributed by atoms with Gasteiger partial charge in [0.2, 0.25) is 0 Å². The minimum Gasteiger partial charge on any atom is -0.316 e. The summed E-state index contributed by atoms with van der Waals surface area (Å²) in [5, 5.41) is 16.1. The first kappa shape index (κ1) is 13.4. The van der Waals surface area contributed by atoms with E-state index in [4.69, 9.17) is 0 Å². The van der Waals surface area contributed by atoms with E-state index in [1.54, 1.807) is 22.7 Å². The number of aromatic nitrogens is 2. The van der Waals surface area contributed by atoms with Crippen LogP contribution in [0.2, 0.25) is 0 Å². The molecule has 3 nitrogen and oxygen atoms in total. The Morgan fingerprint density at radius 3 is 2.94 bits per heavy atom. The van der Waals surface area contributed by atoms with Gasteiger partial charge in [-0.05, 0) is 41.6 Å². The fourth-order valence-corrected chi connectivity index (χ4v) is 3.62. The maximum Gasteiger partial charge on any atom is 0.148 e. The Bertz CT molecular complexity index is 467. The van der Waals surface area contributed by atoms with Crippen molar-refractivity contribution in [3.63, 3.8) is 0 Å². The van der Waals surface area contributed by atoms with Crippen molar-refractivity contribution in [2.24, 2.45) is 0 Å². The van der Waals surface area contributed by atoms with Crippen molar-refractivity contribution in [2.75, 3.05) is 13.1 Å². The highest BCUT2D eigenvalue weighted by Crippen LogP contribution is 2.28. The van der Waals surface area contributed by atoms with Gasteiger partial charge in [0.1, 0.15) is 10.0 Å². The van der Waals surface area contributed by atoms with Crippen LogP contribution < -0.4 is 5.32 Å². The van der Waals surface area contributed by atoms with Crippen molar-refractivity contribution in [3.8, 4) is 10.6 Å². The molecule has 2 aromatic heterocycles. The van der Waals surface area contributed by atoms with Gasteiger partial charge in [-0.25, -0.2) is 0 Å². The maximum absolute atomic E-state index is 4.24. The Labute approximate surface area is 123 Å². The van der Waals surface area contributed by atoms with Gasteiger partial charge in [0.25, 0.3) is 0 Å². The van der Waals surface area contributed by atoms with Crippen LogP contribution in [0, 0.1) is 2.88 Å². The van der Waals surface area contributed by atoms with E-state index in [0.29, 0.717) is 0 Å². The Morgan fingerprint density at radius 2 is 2.24 bits per heavy atom. The standard InChI is InChI=1S/C11H14IN3S2/c1-2-4-13-5-3-10-14-15-11(17-10)8-6-9(12)16-7-8/h6-7,13H,2-5H2,1H3. The zero-order valence-corrected chi connectivity index (χ0v) is 13.4. The van der Waals surface area contributed by atoms with Gasteiger partial charge in [-0.2, -0.15) is 0 Å². The fraction of sp³-hybridized carbons (Fsp3) is 0.455. The first-order valence-electron chi connectivity index (χ1n) is 5.57. The van der Waals surface area contributed by atoms with Crippen LogP contribution in [0.4, 0.5) is 0 Å². The first-order valence-corrected chi connectivity index (χ1v) is 8.34. The van der Waals surface area contributed by atoms with E-state index in [0.717, 1.165) is 29.5 Å². The molecule has 0 amide bonds. The zero-order chi connectivity index (χ0) is 12.1. The Morgan fingerprint density at radius 1 is 1.35 bits per heavy atom. The third kappa shape index (κ3) is 3.97. The number of halogens is 1. The molecule has 2 rings (SSSR count). The molecule has 92 valence electrons. The van der Waals surface area contributed by atoms with Gasteiger partial charge in [0, 0.05) is 23.9 Å². The summed E-state index contributed by atoms with van der Waals surface area (Å²) >= 11 is 5.78. The maximum atomic E-state index is 4.24. The third-order valence-corrected chi connectivity index (χ3v) is 5.04. The normalized spacial score (nSPS) is 10.9. The number of nitrogens with zero attached hydrogens (tertiary/aromatic N) is 2. The molecule has 1 N–H and O–H groups in total. The van der Waals surface area contributed by atoms with E-state index < -0.39 is 0 Å². The average molecular weight is 379 g/mol. The van der Waals surface area contributed by atoms with Gasteiger partial charge in [-0.1, -0.05) is 18.3 Å². The Balaban J connectivity index is 1.92. The predicted molar refractivity (Wildman–Crippen MR) is 82.8 cm³/mol. The van der Waals surface area contributed by atoms with Crippen LogP contribution in [-0.4, -0.2) is 23.3 Å². The van der Waals surface area contributed by atoms with Gasteiger partial charge in [-0.3, -0.25) is 0 Å². The van der Waals surface area contributed by atoms with Crippen molar-refractivity contribution in [3.05, 3.63) is 19.3 Å². The van der Waals surface area contributed by atoms with Crippen LogP contribution in [-0.2, 0) is 6.42 Å². The molecule has 0 radical (unpaired) electrons. The average Bonchev–Trinajstić information content (AvgIpc) is 2.93. The number of nitrogens with one attached hydrogen (secondary N) is 1. The molecule has 2 heterocycles. The van der Waals surface area contributed by atoms with Gasteiger partial charge in [-0.15, -0.1) is 21.5 Å².